The van der Waals surface area contributed by atoms with Gasteiger partial charge in [-0.05, 0) is 31.5 Å². The zero-order chi connectivity index (χ0) is 12.1. The molecule has 1 fully saturated rings. The minimum atomic E-state index is 0.218. The minimum absolute atomic E-state index is 0.218. The third-order valence-electron chi connectivity index (χ3n) is 3.25. The normalized spacial score (nSPS) is 16.1. The highest BCUT2D eigenvalue weighted by Gasteiger charge is 2.17. The molecule has 1 aromatic carbocycles. The summed E-state index contributed by atoms with van der Waals surface area (Å²) in [6.07, 6.45) is 2.46. The van der Waals surface area contributed by atoms with Gasteiger partial charge in [0.15, 0.2) is 0 Å². The van der Waals surface area contributed by atoms with E-state index in [1.54, 1.807) is 0 Å². The molecule has 0 bridgehead atoms. The third kappa shape index (κ3) is 3.56. The number of likely N-dealkylation sites (tertiary alicyclic amines) is 1. The van der Waals surface area contributed by atoms with Gasteiger partial charge < -0.3 is 4.90 Å². The number of hydrogen-bond acceptors (Lipinski definition) is 2. The van der Waals surface area contributed by atoms with Gasteiger partial charge in [0.2, 0.25) is 5.91 Å². The lowest BCUT2D eigenvalue weighted by molar-refractivity contribution is -0.131. The average Bonchev–Trinajstić information content (AvgIpc) is 2.83. The van der Waals surface area contributed by atoms with Crippen molar-refractivity contribution >= 4 is 5.91 Å². The Morgan fingerprint density at radius 3 is 2.53 bits per heavy atom. The molecule has 0 aromatic heterocycles. The summed E-state index contributed by atoms with van der Waals surface area (Å²) >= 11 is 0. The molecule has 0 aliphatic carbocycles. The van der Waals surface area contributed by atoms with Gasteiger partial charge in [0.05, 0.1) is 6.54 Å². The highest BCUT2D eigenvalue weighted by molar-refractivity contribution is 5.78. The number of carbonyl (C=O) groups excluding carboxylic acids is 1. The van der Waals surface area contributed by atoms with E-state index in [4.69, 9.17) is 0 Å². The molecule has 1 heterocycles. The molecular weight excluding hydrogens is 212 g/mol. The molecular formula is C14H20N2O. The predicted molar refractivity (Wildman–Crippen MR) is 68.6 cm³/mol. The van der Waals surface area contributed by atoms with Crippen LogP contribution in [0.4, 0.5) is 0 Å². The first-order valence-electron chi connectivity index (χ1n) is 6.26. The number of rotatable bonds is 4. The summed E-state index contributed by atoms with van der Waals surface area (Å²) in [6.45, 7) is 3.42. The van der Waals surface area contributed by atoms with Gasteiger partial charge in [-0.3, -0.25) is 9.69 Å². The largest absolute Gasteiger partial charge is 0.340 e. The maximum Gasteiger partial charge on any atom is 0.236 e. The van der Waals surface area contributed by atoms with Crippen LogP contribution in [0.2, 0.25) is 0 Å². The molecule has 0 spiro atoms. The monoisotopic (exact) mass is 232 g/mol. The van der Waals surface area contributed by atoms with E-state index in [0.29, 0.717) is 13.1 Å². The average molecular weight is 232 g/mol. The van der Waals surface area contributed by atoms with Gasteiger partial charge in [-0.1, -0.05) is 30.3 Å². The smallest absolute Gasteiger partial charge is 0.236 e. The van der Waals surface area contributed by atoms with Crippen molar-refractivity contribution in [3.05, 3.63) is 35.9 Å². The van der Waals surface area contributed by atoms with E-state index in [0.717, 1.165) is 13.1 Å². The van der Waals surface area contributed by atoms with E-state index >= 15 is 0 Å². The number of carbonyl (C=O) groups is 1. The van der Waals surface area contributed by atoms with Crippen LogP contribution < -0.4 is 0 Å². The molecule has 2 rings (SSSR count). The van der Waals surface area contributed by atoms with Gasteiger partial charge in [-0.15, -0.1) is 0 Å². The van der Waals surface area contributed by atoms with Crippen LogP contribution in [0.5, 0.6) is 0 Å². The summed E-state index contributed by atoms with van der Waals surface area (Å²) in [6, 6.07) is 10.1. The summed E-state index contributed by atoms with van der Waals surface area (Å²) in [5.41, 5.74) is 1.18. The molecule has 17 heavy (non-hydrogen) atoms. The van der Waals surface area contributed by atoms with Gasteiger partial charge in [-0.2, -0.15) is 0 Å². The summed E-state index contributed by atoms with van der Waals surface area (Å²) in [5.74, 6) is 0.218. The van der Waals surface area contributed by atoms with Gasteiger partial charge in [0.25, 0.3) is 0 Å². The Balaban J connectivity index is 1.82. The Hall–Kier alpha value is -1.35. The first kappa shape index (κ1) is 12.1. The molecule has 3 heteroatoms. The van der Waals surface area contributed by atoms with Crippen molar-refractivity contribution in [2.24, 2.45) is 0 Å². The fourth-order valence-corrected chi connectivity index (χ4v) is 2.20. The van der Waals surface area contributed by atoms with Crippen LogP contribution in [-0.4, -0.2) is 42.4 Å². The fraction of sp³-hybridized carbons (Fsp3) is 0.500. The zero-order valence-electron chi connectivity index (χ0n) is 10.4. The zero-order valence-corrected chi connectivity index (χ0v) is 10.4. The maximum absolute atomic E-state index is 12.0. The number of hydrogen-bond donors (Lipinski definition) is 0. The maximum atomic E-state index is 12.0. The topological polar surface area (TPSA) is 23.6 Å². The fourth-order valence-electron chi connectivity index (χ4n) is 2.20. The molecule has 1 saturated heterocycles. The van der Waals surface area contributed by atoms with Gasteiger partial charge in [-0.25, -0.2) is 0 Å². The van der Waals surface area contributed by atoms with Crippen molar-refractivity contribution < 1.29 is 4.79 Å². The number of likely N-dealkylation sites (N-methyl/N-ethyl adjacent to an activating group) is 1. The first-order valence-corrected chi connectivity index (χ1v) is 6.26. The van der Waals surface area contributed by atoms with Crippen molar-refractivity contribution in [3.63, 3.8) is 0 Å². The highest BCUT2D eigenvalue weighted by atomic mass is 16.2. The van der Waals surface area contributed by atoms with Crippen molar-refractivity contribution in [1.82, 2.24) is 9.80 Å². The van der Waals surface area contributed by atoms with Crippen LogP contribution >= 0.6 is 0 Å². The van der Waals surface area contributed by atoms with Crippen LogP contribution in [0.25, 0.3) is 0 Å². The Labute approximate surface area is 103 Å². The lowest BCUT2D eigenvalue weighted by Gasteiger charge is -2.21. The van der Waals surface area contributed by atoms with E-state index in [9.17, 15) is 4.79 Å². The second-order valence-electron chi connectivity index (χ2n) is 4.72. The van der Waals surface area contributed by atoms with Crippen LogP contribution in [0.3, 0.4) is 0 Å². The lowest BCUT2D eigenvalue weighted by atomic mass is 10.2. The Morgan fingerprint density at radius 1 is 1.24 bits per heavy atom. The van der Waals surface area contributed by atoms with Crippen LogP contribution in [0.1, 0.15) is 18.4 Å². The summed E-state index contributed by atoms with van der Waals surface area (Å²) < 4.78 is 0. The summed E-state index contributed by atoms with van der Waals surface area (Å²) in [5, 5.41) is 0. The molecule has 1 aliphatic rings. The minimum Gasteiger partial charge on any atom is -0.340 e. The molecule has 0 unspecified atom stereocenters. The van der Waals surface area contributed by atoms with E-state index in [1.165, 1.54) is 18.4 Å². The van der Waals surface area contributed by atoms with Gasteiger partial charge >= 0.3 is 0 Å². The van der Waals surface area contributed by atoms with E-state index in [1.807, 2.05) is 30.1 Å². The van der Waals surface area contributed by atoms with E-state index < -0.39 is 0 Å². The number of amides is 1. The molecule has 92 valence electrons. The number of benzene rings is 1. The number of nitrogens with zero attached hydrogens (tertiary/aromatic N) is 2. The van der Waals surface area contributed by atoms with Crippen LogP contribution in [-0.2, 0) is 11.3 Å². The van der Waals surface area contributed by atoms with Crippen molar-refractivity contribution in [3.8, 4) is 0 Å². The standard InChI is InChI=1S/C14H20N2O/c1-15(11-13-7-3-2-4-8-13)14(17)12-16-9-5-6-10-16/h2-4,7-8H,5-6,9-12H2,1H3. The molecule has 0 atom stereocenters. The molecule has 0 saturated carbocycles. The van der Waals surface area contributed by atoms with Crippen LogP contribution in [0, 0.1) is 0 Å². The van der Waals surface area contributed by atoms with Crippen molar-refractivity contribution in [1.29, 1.82) is 0 Å². The molecule has 1 amide bonds. The highest BCUT2D eigenvalue weighted by Crippen LogP contribution is 2.08. The molecule has 1 aromatic rings. The SMILES string of the molecule is CN(Cc1ccccc1)C(=O)CN1CCCC1. The molecule has 3 nitrogen and oxygen atoms in total. The first-order chi connectivity index (χ1) is 8.25. The third-order valence-corrected chi connectivity index (χ3v) is 3.25. The van der Waals surface area contributed by atoms with Gasteiger partial charge in [0, 0.05) is 13.6 Å². The van der Waals surface area contributed by atoms with Crippen molar-refractivity contribution in [2.45, 2.75) is 19.4 Å². The van der Waals surface area contributed by atoms with Gasteiger partial charge in [0.1, 0.15) is 0 Å². The molecule has 0 N–H and O–H groups in total. The second kappa shape index (κ2) is 5.82. The second-order valence-corrected chi connectivity index (χ2v) is 4.72. The van der Waals surface area contributed by atoms with E-state index in [2.05, 4.69) is 17.0 Å². The summed E-state index contributed by atoms with van der Waals surface area (Å²) in [4.78, 5) is 16.0. The Bertz CT molecular complexity index is 358. The lowest BCUT2D eigenvalue weighted by Crippen LogP contribution is -2.36. The predicted octanol–water partition coefficient (Wildman–Crippen LogP) is 1.74. The Morgan fingerprint density at radius 2 is 1.88 bits per heavy atom. The van der Waals surface area contributed by atoms with Crippen molar-refractivity contribution in [2.75, 3.05) is 26.7 Å². The quantitative estimate of drug-likeness (QED) is 0.789. The Kier molecular flexibility index (Phi) is 4.15. The molecule has 0 radical (unpaired) electrons. The van der Waals surface area contributed by atoms with E-state index in [-0.39, 0.29) is 5.91 Å². The summed E-state index contributed by atoms with van der Waals surface area (Å²) in [7, 11) is 1.88. The van der Waals surface area contributed by atoms with Crippen LogP contribution in [0.15, 0.2) is 30.3 Å². The molecule has 1 aliphatic heterocycles.